The molecule has 0 bridgehead atoms. The topological polar surface area (TPSA) is 52.7 Å². The number of imide groups is 1. The molecular formula is C18H33N3O2. The third-order valence-corrected chi connectivity index (χ3v) is 4.09. The lowest BCUT2D eigenvalue weighted by Gasteiger charge is -2.17. The van der Waals surface area contributed by atoms with Crippen molar-refractivity contribution in [1.29, 1.82) is 0 Å². The zero-order chi connectivity index (χ0) is 16.9. The molecule has 0 aliphatic carbocycles. The monoisotopic (exact) mass is 323 g/mol. The van der Waals surface area contributed by atoms with E-state index in [0.717, 1.165) is 6.67 Å². The maximum atomic E-state index is 10.1. The van der Waals surface area contributed by atoms with E-state index in [9.17, 15) is 9.59 Å². The second-order valence-electron chi connectivity index (χ2n) is 6.46. The van der Waals surface area contributed by atoms with E-state index in [2.05, 4.69) is 41.5 Å². The number of amides is 2. The van der Waals surface area contributed by atoms with Crippen LogP contribution in [0.4, 0.5) is 0 Å². The summed E-state index contributed by atoms with van der Waals surface area (Å²) < 4.78 is 0. The molecule has 0 aromatic carbocycles. The second-order valence-corrected chi connectivity index (χ2v) is 6.46. The summed E-state index contributed by atoms with van der Waals surface area (Å²) in [5.41, 5.74) is 0. The van der Waals surface area contributed by atoms with Gasteiger partial charge in [0.05, 0.1) is 6.67 Å². The van der Waals surface area contributed by atoms with Crippen LogP contribution in [0.2, 0.25) is 0 Å². The molecule has 132 valence electrons. The molecule has 2 aliphatic heterocycles. The molecule has 0 spiro atoms. The number of rotatable bonds is 9. The largest absolute Gasteiger partial charge is 0.362 e. The maximum absolute atomic E-state index is 10.1. The van der Waals surface area contributed by atoms with Gasteiger partial charge in [-0.2, -0.15) is 0 Å². The van der Waals surface area contributed by atoms with Crippen molar-refractivity contribution in [1.82, 2.24) is 15.1 Å². The van der Waals surface area contributed by atoms with Crippen molar-refractivity contribution in [2.75, 3.05) is 20.3 Å². The normalized spacial score (nSPS) is 16.6. The predicted molar refractivity (Wildman–Crippen MR) is 93.5 cm³/mol. The van der Waals surface area contributed by atoms with Crippen LogP contribution in [-0.2, 0) is 9.59 Å². The fraction of sp³-hybridized carbons (Fsp3) is 0.778. The highest BCUT2D eigenvalue weighted by atomic mass is 16.2. The van der Waals surface area contributed by atoms with Crippen LogP contribution < -0.4 is 5.32 Å². The van der Waals surface area contributed by atoms with E-state index in [1.807, 2.05) is 0 Å². The second kappa shape index (κ2) is 12.0. The van der Waals surface area contributed by atoms with Gasteiger partial charge in [0.2, 0.25) is 11.8 Å². The molecule has 1 N–H and O–H groups in total. The van der Waals surface area contributed by atoms with E-state index in [1.165, 1.54) is 57.9 Å². The summed E-state index contributed by atoms with van der Waals surface area (Å²) in [5, 5.41) is 2.14. The molecule has 0 aromatic rings. The minimum atomic E-state index is -0.148. The Hall–Kier alpha value is -1.52. The summed E-state index contributed by atoms with van der Waals surface area (Å²) in [6, 6.07) is 0. The molecule has 0 unspecified atom stereocenters. The summed E-state index contributed by atoms with van der Waals surface area (Å²) in [4.78, 5) is 24.9. The molecule has 5 nitrogen and oxygen atoms in total. The van der Waals surface area contributed by atoms with Crippen molar-refractivity contribution >= 4 is 11.8 Å². The van der Waals surface area contributed by atoms with Crippen LogP contribution in [0.15, 0.2) is 12.4 Å². The molecule has 5 heteroatoms. The first-order valence-electron chi connectivity index (χ1n) is 9.07. The molecule has 0 atom stereocenters. The van der Waals surface area contributed by atoms with Gasteiger partial charge in [0, 0.05) is 38.8 Å². The van der Waals surface area contributed by atoms with E-state index < -0.39 is 0 Å². The molecule has 2 amide bonds. The van der Waals surface area contributed by atoms with Crippen LogP contribution in [0.25, 0.3) is 0 Å². The van der Waals surface area contributed by atoms with Gasteiger partial charge in [-0.3, -0.25) is 14.9 Å². The predicted octanol–water partition coefficient (Wildman–Crippen LogP) is 3.23. The fourth-order valence-electron chi connectivity index (χ4n) is 2.69. The Morgan fingerprint density at radius 3 is 1.91 bits per heavy atom. The first-order chi connectivity index (χ1) is 11.1. The van der Waals surface area contributed by atoms with Gasteiger partial charge in [0.1, 0.15) is 0 Å². The summed E-state index contributed by atoms with van der Waals surface area (Å²) in [6.45, 7) is 4.59. The third kappa shape index (κ3) is 9.97. The lowest BCUT2D eigenvalue weighted by Crippen LogP contribution is -2.23. The molecule has 2 aliphatic rings. The molecule has 23 heavy (non-hydrogen) atoms. The zero-order valence-electron chi connectivity index (χ0n) is 14.9. The average molecular weight is 323 g/mol. The molecule has 0 aromatic heterocycles. The van der Waals surface area contributed by atoms with Crippen molar-refractivity contribution in [2.24, 2.45) is 0 Å². The number of hydrogen-bond acceptors (Lipinski definition) is 4. The van der Waals surface area contributed by atoms with Crippen molar-refractivity contribution in [3.8, 4) is 0 Å². The van der Waals surface area contributed by atoms with Crippen LogP contribution in [0.1, 0.15) is 71.1 Å². The standard InChI is InChI=1S/C14H28N2.C4H5NO2/c1-3-4-5-6-7-8-9-10-11-16-13-12-15(2)14-16;6-3-1-2-4(7)5-3/h12-13H,3-11,14H2,1-2H3;1-2H2,(H,5,6,7). The van der Waals surface area contributed by atoms with Gasteiger partial charge < -0.3 is 9.80 Å². The number of carbonyl (C=O) groups is 2. The van der Waals surface area contributed by atoms with Crippen LogP contribution in [0.3, 0.4) is 0 Å². The van der Waals surface area contributed by atoms with Crippen molar-refractivity contribution in [2.45, 2.75) is 71.1 Å². The summed E-state index contributed by atoms with van der Waals surface area (Å²) in [5.74, 6) is -0.296. The quantitative estimate of drug-likeness (QED) is 0.523. The van der Waals surface area contributed by atoms with Crippen molar-refractivity contribution in [3.63, 3.8) is 0 Å². The first kappa shape index (κ1) is 19.5. The summed E-state index contributed by atoms with van der Waals surface area (Å²) >= 11 is 0. The first-order valence-corrected chi connectivity index (χ1v) is 9.07. The van der Waals surface area contributed by atoms with E-state index in [-0.39, 0.29) is 11.8 Å². The summed E-state index contributed by atoms with van der Waals surface area (Å²) in [6.07, 6.45) is 16.4. The highest BCUT2D eigenvalue weighted by Crippen LogP contribution is 2.10. The number of carbonyl (C=O) groups excluding carboxylic acids is 2. The molecule has 0 radical (unpaired) electrons. The highest BCUT2D eigenvalue weighted by molar-refractivity contribution is 6.01. The number of hydrogen-bond donors (Lipinski definition) is 1. The summed E-state index contributed by atoms with van der Waals surface area (Å²) in [7, 11) is 2.13. The van der Waals surface area contributed by atoms with Gasteiger partial charge in [0.15, 0.2) is 0 Å². The van der Waals surface area contributed by atoms with Gasteiger partial charge in [-0.15, -0.1) is 0 Å². The fourth-order valence-corrected chi connectivity index (χ4v) is 2.69. The van der Waals surface area contributed by atoms with Crippen molar-refractivity contribution < 1.29 is 9.59 Å². The Morgan fingerprint density at radius 2 is 1.48 bits per heavy atom. The van der Waals surface area contributed by atoms with Gasteiger partial charge in [-0.05, 0) is 6.42 Å². The Kier molecular flexibility index (Phi) is 10.2. The number of nitrogens with one attached hydrogen (secondary N) is 1. The van der Waals surface area contributed by atoms with Crippen LogP contribution in [-0.4, -0.2) is 41.9 Å². The van der Waals surface area contributed by atoms with Gasteiger partial charge in [-0.1, -0.05) is 51.9 Å². The molecule has 0 saturated carbocycles. The number of nitrogens with zero attached hydrogens (tertiary/aromatic N) is 2. The van der Waals surface area contributed by atoms with E-state index >= 15 is 0 Å². The lowest BCUT2D eigenvalue weighted by molar-refractivity contribution is -0.124. The van der Waals surface area contributed by atoms with Gasteiger partial charge in [-0.25, -0.2) is 0 Å². The Labute approximate surface area is 141 Å². The molecule has 1 saturated heterocycles. The highest BCUT2D eigenvalue weighted by Gasteiger charge is 2.15. The zero-order valence-corrected chi connectivity index (χ0v) is 14.9. The average Bonchev–Trinajstić information content (AvgIpc) is 3.10. The molecule has 2 heterocycles. The Bertz CT molecular complexity index is 368. The smallest absolute Gasteiger partial charge is 0.227 e. The minimum Gasteiger partial charge on any atom is -0.362 e. The number of unbranched alkanes of at least 4 members (excludes halogenated alkanes) is 7. The Balaban J connectivity index is 0.000000313. The van der Waals surface area contributed by atoms with Gasteiger partial charge in [0.25, 0.3) is 0 Å². The van der Waals surface area contributed by atoms with E-state index in [4.69, 9.17) is 0 Å². The third-order valence-electron chi connectivity index (χ3n) is 4.09. The SMILES string of the molecule is CCCCCCCCCCN1C=CN(C)C1.O=C1CCC(=O)N1. The van der Waals surface area contributed by atoms with Crippen LogP contribution in [0, 0.1) is 0 Å². The minimum absolute atomic E-state index is 0.148. The maximum Gasteiger partial charge on any atom is 0.227 e. The van der Waals surface area contributed by atoms with Crippen LogP contribution >= 0.6 is 0 Å². The van der Waals surface area contributed by atoms with Crippen molar-refractivity contribution in [3.05, 3.63) is 12.4 Å². The van der Waals surface area contributed by atoms with E-state index in [1.54, 1.807) is 0 Å². The van der Waals surface area contributed by atoms with Gasteiger partial charge >= 0.3 is 0 Å². The molecule has 1 fully saturated rings. The molecular weight excluding hydrogens is 290 g/mol. The molecule has 2 rings (SSSR count). The Morgan fingerprint density at radius 1 is 0.913 bits per heavy atom. The van der Waals surface area contributed by atoms with Crippen LogP contribution in [0.5, 0.6) is 0 Å². The van der Waals surface area contributed by atoms with E-state index in [0.29, 0.717) is 12.8 Å². The lowest BCUT2D eigenvalue weighted by atomic mass is 10.1.